The molecule has 3 N–H and O–H groups in total. The Hall–Kier alpha value is -2.00. The van der Waals surface area contributed by atoms with E-state index >= 15 is 0 Å². The first-order valence-electron chi connectivity index (χ1n) is 5.28. The van der Waals surface area contributed by atoms with Crippen LogP contribution in [-0.2, 0) is 23.6 Å². The van der Waals surface area contributed by atoms with Crippen LogP contribution >= 0.6 is 0 Å². The highest BCUT2D eigenvalue weighted by atomic mass is 32.2. The van der Waals surface area contributed by atoms with Crippen LogP contribution in [0.1, 0.15) is 5.82 Å². The number of nitrogen functional groups attached to an aromatic ring is 1. The van der Waals surface area contributed by atoms with E-state index in [0.29, 0.717) is 5.82 Å². The maximum atomic E-state index is 13.2. The van der Waals surface area contributed by atoms with Crippen molar-refractivity contribution in [3.63, 3.8) is 0 Å². The van der Waals surface area contributed by atoms with Crippen molar-refractivity contribution in [3.8, 4) is 0 Å². The summed E-state index contributed by atoms with van der Waals surface area (Å²) in [5.41, 5.74) is 5.18. The molecule has 19 heavy (non-hydrogen) atoms. The summed E-state index contributed by atoms with van der Waals surface area (Å²) in [6, 6.07) is 3.29. The van der Waals surface area contributed by atoms with Crippen LogP contribution in [0.15, 0.2) is 29.4 Å². The van der Waals surface area contributed by atoms with Crippen molar-refractivity contribution < 1.29 is 12.8 Å². The number of aryl methyl sites for hydroxylation is 1. The molecule has 0 bridgehead atoms. The number of benzene rings is 1. The van der Waals surface area contributed by atoms with E-state index < -0.39 is 15.8 Å². The maximum Gasteiger partial charge on any atom is 0.241 e. The Kier molecular flexibility index (Phi) is 3.49. The van der Waals surface area contributed by atoms with E-state index in [0.717, 1.165) is 6.07 Å². The van der Waals surface area contributed by atoms with Crippen LogP contribution in [0.3, 0.4) is 0 Å². The van der Waals surface area contributed by atoms with E-state index in [-0.39, 0.29) is 17.1 Å². The maximum absolute atomic E-state index is 13.2. The van der Waals surface area contributed by atoms with E-state index in [1.165, 1.54) is 23.1 Å². The smallest absolute Gasteiger partial charge is 0.241 e. The van der Waals surface area contributed by atoms with Crippen LogP contribution in [0.4, 0.5) is 10.1 Å². The predicted octanol–water partition coefficient (Wildman–Crippen LogP) is 0.0149. The fourth-order valence-electron chi connectivity index (χ4n) is 1.38. The number of anilines is 1. The van der Waals surface area contributed by atoms with Gasteiger partial charge in [0, 0.05) is 7.05 Å². The van der Waals surface area contributed by atoms with Gasteiger partial charge in [0.25, 0.3) is 0 Å². The Bertz CT molecular complexity index is 698. The van der Waals surface area contributed by atoms with Crippen LogP contribution in [0, 0.1) is 5.82 Å². The molecular weight excluding hydrogens is 273 g/mol. The molecule has 0 saturated heterocycles. The summed E-state index contributed by atoms with van der Waals surface area (Å²) in [5, 5.41) is 3.92. The van der Waals surface area contributed by atoms with Crippen molar-refractivity contribution in [2.75, 3.05) is 5.73 Å². The molecule has 0 unspecified atom stereocenters. The van der Waals surface area contributed by atoms with Gasteiger partial charge in [-0.05, 0) is 18.2 Å². The van der Waals surface area contributed by atoms with E-state index in [9.17, 15) is 12.8 Å². The van der Waals surface area contributed by atoms with Gasteiger partial charge in [-0.1, -0.05) is 0 Å². The molecule has 0 aliphatic rings. The monoisotopic (exact) mass is 285 g/mol. The molecule has 2 aromatic rings. The zero-order valence-corrected chi connectivity index (χ0v) is 10.9. The van der Waals surface area contributed by atoms with Crippen molar-refractivity contribution in [2.45, 2.75) is 11.4 Å². The van der Waals surface area contributed by atoms with Gasteiger partial charge in [0.05, 0.1) is 17.1 Å². The van der Waals surface area contributed by atoms with Crippen LogP contribution in [-0.4, -0.2) is 23.2 Å². The van der Waals surface area contributed by atoms with Crippen molar-refractivity contribution in [1.82, 2.24) is 19.5 Å². The minimum absolute atomic E-state index is 0.0742. The van der Waals surface area contributed by atoms with Gasteiger partial charge in [-0.2, -0.15) is 5.10 Å². The molecule has 9 heteroatoms. The molecule has 7 nitrogen and oxygen atoms in total. The van der Waals surface area contributed by atoms with Crippen molar-refractivity contribution in [1.29, 1.82) is 0 Å². The summed E-state index contributed by atoms with van der Waals surface area (Å²) >= 11 is 0. The number of sulfonamides is 1. The first-order valence-corrected chi connectivity index (χ1v) is 6.76. The number of aromatic nitrogens is 3. The van der Waals surface area contributed by atoms with Crippen LogP contribution in [0.2, 0.25) is 0 Å². The van der Waals surface area contributed by atoms with E-state index in [4.69, 9.17) is 5.73 Å². The zero-order valence-electron chi connectivity index (χ0n) is 10.0. The summed E-state index contributed by atoms with van der Waals surface area (Å²) < 4.78 is 40.7. The first-order chi connectivity index (χ1) is 8.88. The molecule has 2 rings (SSSR count). The van der Waals surface area contributed by atoms with Crippen LogP contribution in [0.5, 0.6) is 0 Å². The van der Waals surface area contributed by atoms with E-state index in [1.54, 1.807) is 7.05 Å². The summed E-state index contributed by atoms with van der Waals surface area (Å²) in [6.07, 6.45) is 1.45. The Labute approximate surface area is 109 Å². The summed E-state index contributed by atoms with van der Waals surface area (Å²) in [7, 11) is -2.16. The van der Waals surface area contributed by atoms with Crippen molar-refractivity contribution in [2.24, 2.45) is 7.05 Å². The highest BCUT2D eigenvalue weighted by molar-refractivity contribution is 7.89. The minimum atomic E-state index is -3.82. The number of hydrogen-bond acceptors (Lipinski definition) is 5. The van der Waals surface area contributed by atoms with Gasteiger partial charge in [0.2, 0.25) is 10.0 Å². The van der Waals surface area contributed by atoms with Gasteiger partial charge in [-0.15, -0.1) is 0 Å². The highest BCUT2D eigenvalue weighted by Gasteiger charge is 2.16. The molecule has 0 spiro atoms. The lowest BCUT2D eigenvalue weighted by Gasteiger charge is -2.05. The standard InChI is InChI=1S/C10H12FN5O2S/c1-16-6-13-10(15-16)5-14-19(17,18)7-2-3-9(12)8(11)4-7/h2-4,6,14H,5,12H2,1H3. The first kappa shape index (κ1) is 13.4. The van der Waals surface area contributed by atoms with Gasteiger partial charge >= 0.3 is 0 Å². The van der Waals surface area contributed by atoms with Crippen molar-refractivity contribution >= 4 is 15.7 Å². The lowest BCUT2D eigenvalue weighted by atomic mass is 10.3. The summed E-state index contributed by atoms with van der Waals surface area (Å²) in [4.78, 5) is 3.68. The molecule has 0 atom stereocenters. The number of nitrogens with two attached hydrogens (primary N) is 1. The lowest BCUT2D eigenvalue weighted by Crippen LogP contribution is -2.24. The third-order valence-electron chi connectivity index (χ3n) is 2.35. The molecule has 1 aromatic heterocycles. The largest absolute Gasteiger partial charge is 0.396 e. The average Bonchev–Trinajstić information content (AvgIpc) is 2.76. The fourth-order valence-corrected chi connectivity index (χ4v) is 2.37. The van der Waals surface area contributed by atoms with Crippen LogP contribution < -0.4 is 10.5 Å². The summed E-state index contributed by atoms with van der Waals surface area (Å²) in [6.45, 7) is -0.0742. The van der Waals surface area contributed by atoms with Gasteiger partial charge in [-0.25, -0.2) is 22.5 Å². The average molecular weight is 285 g/mol. The summed E-state index contributed by atoms with van der Waals surface area (Å²) in [5.74, 6) is -0.458. The molecular formula is C10H12FN5O2S. The molecule has 0 aliphatic heterocycles. The SMILES string of the molecule is Cn1cnc(CNS(=O)(=O)c2ccc(N)c(F)c2)n1. The van der Waals surface area contributed by atoms with Gasteiger partial charge < -0.3 is 5.73 Å². The van der Waals surface area contributed by atoms with Gasteiger partial charge in [0.15, 0.2) is 5.82 Å². The molecule has 1 aromatic carbocycles. The second kappa shape index (κ2) is 4.94. The number of halogens is 1. The normalized spacial score (nSPS) is 11.7. The predicted molar refractivity (Wildman–Crippen MR) is 65.8 cm³/mol. The topological polar surface area (TPSA) is 103 Å². The number of hydrogen-bond donors (Lipinski definition) is 2. The minimum Gasteiger partial charge on any atom is -0.396 e. The number of nitrogens with one attached hydrogen (secondary N) is 1. The second-order valence-corrected chi connectivity index (χ2v) is 5.61. The zero-order chi connectivity index (χ0) is 14.0. The third-order valence-corrected chi connectivity index (χ3v) is 3.75. The third kappa shape index (κ3) is 3.06. The molecule has 0 amide bonds. The molecule has 0 fully saturated rings. The molecule has 102 valence electrons. The Morgan fingerprint density at radius 2 is 2.21 bits per heavy atom. The van der Waals surface area contributed by atoms with Gasteiger partial charge in [0.1, 0.15) is 12.1 Å². The Balaban J connectivity index is 2.16. The Morgan fingerprint density at radius 1 is 1.47 bits per heavy atom. The van der Waals surface area contributed by atoms with Gasteiger partial charge in [-0.3, -0.25) is 4.68 Å². The van der Waals surface area contributed by atoms with Crippen LogP contribution in [0.25, 0.3) is 0 Å². The molecule has 0 aliphatic carbocycles. The second-order valence-electron chi connectivity index (χ2n) is 3.84. The molecule has 0 saturated carbocycles. The fraction of sp³-hybridized carbons (Fsp3) is 0.200. The quantitative estimate of drug-likeness (QED) is 0.771. The molecule has 1 heterocycles. The molecule has 0 radical (unpaired) electrons. The van der Waals surface area contributed by atoms with E-state index in [1.807, 2.05) is 0 Å². The number of rotatable bonds is 4. The van der Waals surface area contributed by atoms with E-state index in [2.05, 4.69) is 14.8 Å². The van der Waals surface area contributed by atoms with Crippen molar-refractivity contribution in [3.05, 3.63) is 36.2 Å². The Morgan fingerprint density at radius 3 is 2.79 bits per heavy atom. The highest BCUT2D eigenvalue weighted by Crippen LogP contribution is 2.16. The number of nitrogens with zero attached hydrogens (tertiary/aromatic N) is 3. The lowest BCUT2D eigenvalue weighted by molar-refractivity contribution is 0.575.